The summed E-state index contributed by atoms with van der Waals surface area (Å²) in [6.07, 6.45) is -0.705. The van der Waals surface area contributed by atoms with Gasteiger partial charge in [-0.2, -0.15) is 4.31 Å². The van der Waals surface area contributed by atoms with Crippen LogP contribution in [0.3, 0.4) is 0 Å². The number of halogens is 1. The van der Waals surface area contributed by atoms with Crippen LogP contribution in [0.4, 0.5) is 20.6 Å². The summed E-state index contributed by atoms with van der Waals surface area (Å²) in [5.41, 5.74) is 0.903. The number of nitrogens with zero attached hydrogens (tertiary/aromatic N) is 2. The first-order valence-corrected chi connectivity index (χ1v) is 15.3. The Morgan fingerprint density at radius 2 is 1.68 bits per heavy atom. The van der Waals surface area contributed by atoms with Crippen molar-refractivity contribution in [2.45, 2.75) is 30.9 Å². The Bertz CT molecular complexity index is 1650. The summed E-state index contributed by atoms with van der Waals surface area (Å²) in [5.74, 6) is -0.0521. The summed E-state index contributed by atoms with van der Waals surface area (Å²) in [6, 6.07) is 13.0. The number of hydrogen-bond donors (Lipinski definition) is 3. The van der Waals surface area contributed by atoms with E-state index in [9.17, 15) is 27.5 Å². The van der Waals surface area contributed by atoms with Gasteiger partial charge in [0.25, 0.3) is 5.91 Å². The summed E-state index contributed by atoms with van der Waals surface area (Å²) in [6.45, 7) is 3.42. The van der Waals surface area contributed by atoms with Crippen molar-refractivity contribution in [2.75, 3.05) is 44.2 Å². The third-order valence-electron chi connectivity index (χ3n) is 7.51. The van der Waals surface area contributed by atoms with Crippen LogP contribution in [0.15, 0.2) is 65.6 Å². The molecule has 3 aromatic rings. The average Bonchev–Trinajstić information content (AvgIpc) is 3.47. The van der Waals surface area contributed by atoms with Crippen molar-refractivity contribution in [1.29, 1.82) is 0 Å². The molecule has 3 atom stereocenters. The Morgan fingerprint density at radius 1 is 1.05 bits per heavy atom. The Hall–Kier alpha value is -4.40. The Labute approximate surface area is 254 Å². The number of nitrogens with one attached hydrogen (secondary N) is 2. The van der Waals surface area contributed by atoms with Gasteiger partial charge in [0.05, 0.1) is 29.7 Å². The van der Waals surface area contributed by atoms with E-state index in [1.165, 1.54) is 36.2 Å². The average molecular weight is 629 g/mol. The number of ether oxygens (including phenoxy) is 3. The largest absolute Gasteiger partial charge is 0.488 e. The number of benzene rings is 3. The maximum absolute atomic E-state index is 13.7. The predicted octanol–water partition coefficient (Wildman–Crippen LogP) is 3.74. The van der Waals surface area contributed by atoms with Crippen LogP contribution < -0.4 is 24.8 Å². The van der Waals surface area contributed by atoms with E-state index >= 15 is 0 Å². The molecule has 12 nitrogen and oxygen atoms in total. The van der Waals surface area contributed by atoms with Crippen LogP contribution in [-0.2, 0) is 10.0 Å². The lowest BCUT2D eigenvalue weighted by Crippen LogP contribution is -2.50. The first-order chi connectivity index (χ1) is 21.0. The topological polar surface area (TPSA) is 147 Å². The van der Waals surface area contributed by atoms with Crippen molar-refractivity contribution in [1.82, 2.24) is 9.21 Å². The number of urea groups is 1. The smallest absolute Gasteiger partial charge is 0.323 e. The highest BCUT2D eigenvalue weighted by molar-refractivity contribution is 7.89. The summed E-state index contributed by atoms with van der Waals surface area (Å²) >= 11 is 0. The van der Waals surface area contributed by atoms with E-state index in [1.807, 2.05) is 6.92 Å². The minimum Gasteiger partial charge on any atom is -0.488 e. The van der Waals surface area contributed by atoms with Gasteiger partial charge in [-0.15, -0.1) is 0 Å². The minimum absolute atomic E-state index is 0.0688. The molecule has 234 valence electrons. The van der Waals surface area contributed by atoms with Crippen LogP contribution in [0, 0.1) is 11.7 Å². The van der Waals surface area contributed by atoms with Crippen LogP contribution in [0.25, 0.3) is 0 Å². The van der Waals surface area contributed by atoms with Crippen LogP contribution >= 0.6 is 0 Å². The summed E-state index contributed by atoms with van der Waals surface area (Å²) in [7, 11) is -2.57. The monoisotopic (exact) mass is 628 g/mol. The number of carbonyl (C=O) groups is 2. The number of hydrogen-bond acceptors (Lipinski definition) is 8. The summed E-state index contributed by atoms with van der Waals surface area (Å²) < 4.78 is 57.9. The third kappa shape index (κ3) is 6.56. The van der Waals surface area contributed by atoms with Gasteiger partial charge in [0, 0.05) is 37.0 Å². The molecule has 0 spiro atoms. The molecule has 0 aromatic heterocycles. The molecular formula is C30H33FN4O8S. The number of amides is 3. The molecule has 3 amide bonds. The van der Waals surface area contributed by atoms with E-state index in [2.05, 4.69) is 10.6 Å². The van der Waals surface area contributed by atoms with Gasteiger partial charge in [0.15, 0.2) is 11.5 Å². The first-order valence-electron chi connectivity index (χ1n) is 13.9. The molecule has 0 bridgehead atoms. The molecule has 3 aromatic carbocycles. The van der Waals surface area contributed by atoms with Gasteiger partial charge in [0.1, 0.15) is 17.7 Å². The van der Waals surface area contributed by atoms with E-state index in [-0.39, 0.29) is 48.6 Å². The van der Waals surface area contributed by atoms with E-state index < -0.39 is 39.9 Å². The maximum atomic E-state index is 13.7. The predicted molar refractivity (Wildman–Crippen MR) is 159 cm³/mol. The third-order valence-corrected chi connectivity index (χ3v) is 9.35. The van der Waals surface area contributed by atoms with Gasteiger partial charge in [0.2, 0.25) is 16.8 Å². The fourth-order valence-electron chi connectivity index (χ4n) is 4.92. The summed E-state index contributed by atoms with van der Waals surface area (Å²) in [5, 5.41) is 15.3. The highest BCUT2D eigenvalue weighted by Gasteiger charge is 2.35. The molecule has 2 heterocycles. The Balaban J connectivity index is 1.38. The van der Waals surface area contributed by atoms with Crippen LogP contribution in [0.5, 0.6) is 17.2 Å². The molecule has 0 saturated heterocycles. The van der Waals surface area contributed by atoms with Crippen LogP contribution in [-0.4, -0.2) is 80.4 Å². The molecule has 2 aliphatic rings. The van der Waals surface area contributed by atoms with Gasteiger partial charge in [-0.1, -0.05) is 6.92 Å². The summed E-state index contributed by atoms with van der Waals surface area (Å²) in [4.78, 5) is 27.9. The zero-order valence-electron chi connectivity index (χ0n) is 24.3. The van der Waals surface area contributed by atoms with Gasteiger partial charge < -0.3 is 34.9 Å². The minimum atomic E-state index is -3.97. The number of aliphatic hydroxyl groups is 1. The maximum Gasteiger partial charge on any atom is 0.323 e. The van der Waals surface area contributed by atoms with Crippen molar-refractivity contribution < 1.29 is 41.7 Å². The van der Waals surface area contributed by atoms with E-state index in [1.54, 1.807) is 31.2 Å². The number of likely N-dealkylation sites (N-methyl/N-ethyl adjacent to an activating group) is 1. The molecule has 0 fully saturated rings. The molecule has 0 radical (unpaired) electrons. The van der Waals surface area contributed by atoms with Crippen molar-refractivity contribution in [3.8, 4) is 17.2 Å². The highest BCUT2D eigenvalue weighted by atomic mass is 32.2. The molecule has 44 heavy (non-hydrogen) atoms. The second-order valence-electron chi connectivity index (χ2n) is 10.7. The lowest BCUT2D eigenvalue weighted by Gasteiger charge is -2.38. The van der Waals surface area contributed by atoms with Gasteiger partial charge in [-0.25, -0.2) is 17.6 Å². The highest BCUT2D eigenvalue weighted by Crippen LogP contribution is 2.35. The van der Waals surface area contributed by atoms with Crippen LogP contribution in [0.2, 0.25) is 0 Å². The Kier molecular flexibility index (Phi) is 8.95. The SMILES string of the molecule is C[C@@H]1CN([C@H](C)CO)C(=O)c2cc(NC(=O)Nc3ccc4c(c3)OCO4)ccc2O[C@@H]1CN(C)S(=O)(=O)c1ccc(F)cc1. The molecule has 0 saturated carbocycles. The lowest BCUT2D eigenvalue weighted by atomic mass is 9.99. The second kappa shape index (κ2) is 12.7. The molecule has 0 aliphatic carbocycles. The number of carbonyl (C=O) groups excluding carboxylic acids is 2. The standard InChI is InChI=1S/C30H33FN4O8S/c1-18-14-35(19(2)16-36)29(37)24-12-21(32-30(38)33-22-7-11-26-27(13-22)42-17-41-26)6-10-25(24)43-28(18)15-34(3)44(39,40)23-8-4-20(31)5-9-23/h4-13,18-19,28,36H,14-17H2,1-3H3,(H2,32,33,38)/t18-,19-,28-/m1/s1. The fourth-order valence-corrected chi connectivity index (χ4v) is 6.11. The number of rotatable bonds is 8. The molecule has 5 rings (SSSR count). The molecule has 2 aliphatic heterocycles. The molecular weight excluding hydrogens is 595 g/mol. The van der Waals surface area contributed by atoms with E-state index in [4.69, 9.17) is 14.2 Å². The Morgan fingerprint density at radius 3 is 2.36 bits per heavy atom. The van der Waals surface area contributed by atoms with Crippen LogP contribution in [0.1, 0.15) is 24.2 Å². The van der Waals surface area contributed by atoms with Gasteiger partial charge >= 0.3 is 6.03 Å². The van der Waals surface area contributed by atoms with Crippen molar-refractivity contribution in [2.24, 2.45) is 5.92 Å². The quantitative estimate of drug-likeness (QED) is 0.342. The van der Waals surface area contributed by atoms with E-state index in [0.29, 0.717) is 22.9 Å². The zero-order valence-corrected chi connectivity index (χ0v) is 25.1. The number of aliphatic hydroxyl groups excluding tert-OH is 1. The first kappa shape index (κ1) is 31.0. The molecule has 3 N–H and O–H groups in total. The normalized spacial score (nSPS) is 18.6. The second-order valence-corrected chi connectivity index (χ2v) is 12.8. The van der Waals surface area contributed by atoms with Gasteiger partial charge in [-0.3, -0.25) is 4.79 Å². The lowest BCUT2D eigenvalue weighted by molar-refractivity contribution is 0.0387. The number of fused-ring (bicyclic) bond motifs is 2. The van der Waals surface area contributed by atoms with E-state index in [0.717, 1.165) is 16.4 Å². The van der Waals surface area contributed by atoms with Crippen molar-refractivity contribution >= 4 is 33.3 Å². The molecule has 0 unspecified atom stereocenters. The molecule has 14 heteroatoms. The number of anilines is 2. The zero-order chi connectivity index (χ0) is 31.6. The van der Waals surface area contributed by atoms with Gasteiger partial charge in [-0.05, 0) is 61.5 Å². The van der Waals surface area contributed by atoms with Crippen molar-refractivity contribution in [3.05, 3.63) is 72.0 Å². The number of sulfonamides is 1. The fraction of sp³-hybridized carbons (Fsp3) is 0.333. The van der Waals surface area contributed by atoms with Crippen molar-refractivity contribution in [3.63, 3.8) is 0 Å².